The predicted molar refractivity (Wildman–Crippen MR) is 79.5 cm³/mol. The van der Waals surface area contributed by atoms with Crippen LogP contribution >= 0.6 is 23.5 Å². The normalized spacial score (nSPS) is 27.9. The maximum absolute atomic E-state index is 12.4. The van der Waals surface area contributed by atoms with Crippen molar-refractivity contribution in [2.24, 2.45) is 5.92 Å². The van der Waals surface area contributed by atoms with Crippen LogP contribution in [-0.4, -0.2) is 59.0 Å². The van der Waals surface area contributed by atoms with Gasteiger partial charge < -0.3 is 9.64 Å². The summed E-state index contributed by atoms with van der Waals surface area (Å²) in [5.41, 5.74) is 0. The summed E-state index contributed by atoms with van der Waals surface area (Å²) in [7, 11) is 0. The summed E-state index contributed by atoms with van der Waals surface area (Å²) in [6.07, 6.45) is 1.74. The van der Waals surface area contributed by atoms with Gasteiger partial charge in [0.15, 0.2) is 0 Å². The van der Waals surface area contributed by atoms with Crippen LogP contribution in [0.1, 0.15) is 19.8 Å². The molecule has 4 nitrogen and oxygen atoms in total. The Balaban J connectivity index is 1.89. The quantitative estimate of drug-likeness (QED) is 0.742. The molecule has 0 aromatic carbocycles. The first-order chi connectivity index (χ1) is 9.22. The first kappa shape index (κ1) is 15.0. The highest BCUT2D eigenvalue weighted by atomic mass is 32.2. The Bertz CT molecular complexity index is 332. The Kier molecular flexibility index (Phi) is 5.88. The zero-order chi connectivity index (χ0) is 13.7. The molecule has 0 N–H and O–H groups in total. The molecule has 19 heavy (non-hydrogen) atoms. The van der Waals surface area contributed by atoms with Crippen LogP contribution in [0, 0.1) is 5.92 Å². The van der Waals surface area contributed by atoms with E-state index in [2.05, 4.69) is 0 Å². The molecule has 2 atom stereocenters. The van der Waals surface area contributed by atoms with Crippen molar-refractivity contribution in [3.63, 3.8) is 0 Å². The third-order valence-corrected chi connectivity index (χ3v) is 6.19. The molecule has 2 aliphatic rings. The third-order valence-electron chi connectivity index (χ3n) is 3.44. The van der Waals surface area contributed by atoms with Crippen molar-refractivity contribution in [2.75, 3.05) is 37.0 Å². The van der Waals surface area contributed by atoms with Gasteiger partial charge in [0.25, 0.3) is 0 Å². The van der Waals surface area contributed by atoms with Gasteiger partial charge in [-0.25, -0.2) is 0 Å². The highest BCUT2D eigenvalue weighted by molar-refractivity contribution is 8.07. The highest BCUT2D eigenvalue weighted by Crippen LogP contribution is 2.27. The average molecular weight is 303 g/mol. The number of thioether (sulfide) groups is 2. The molecule has 2 heterocycles. The van der Waals surface area contributed by atoms with Gasteiger partial charge in [0, 0.05) is 30.3 Å². The van der Waals surface area contributed by atoms with Gasteiger partial charge in [0.1, 0.15) is 0 Å². The lowest BCUT2D eigenvalue weighted by atomic mass is 9.98. The van der Waals surface area contributed by atoms with Crippen LogP contribution in [0.2, 0.25) is 0 Å². The molecule has 0 bridgehead atoms. The summed E-state index contributed by atoms with van der Waals surface area (Å²) in [6, 6.07) is 0. The van der Waals surface area contributed by atoms with Crippen molar-refractivity contribution in [2.45, 2.75) is 25.0 Å². The van der Waals surface area contributed by atoms with Crippen molar-refractivity contribution in [3.05, 3.63) is 0 Å². The minimum absolute atomic E-state index is 0.0831. The van der Waals surface area contributed by atoms with Crippen molar-refractivity contribution < 1.29 is 14.3 Å². The van der Waals surface area contributed by atoms with E-state index in [1.54, 1.807) is 11.8 Å². The second kappa shape index (κ2) is 7.43. The number of nitrogens with zero attached hydrogens (tertiary/aromatic N) is 1. The van der Waals surface area contributed by atoms with Crippen molar-refractivity contribution in [1.29, 1.82) is 0 Å². The molecule has 6 heteroatoms. The van der Waals surface area contributed by atoms with Crippen molar-refractivity contribution in [3.8, 4) is 0 Å². The van der Waals surface area contributed by atoms with Gasteiger partial charge >= 0.3 is 5.97 Å². The molecular weight excluding hydrogens is 282 g/mol. The Morgan fingerprint density at radius 3 is 2.89 bits per heavy atom. The summed E-state index contributed by atoms with van der Waals surface area (Å²) < 4.78 is 5.07. The largest absolute Gasteiger partial charge is 0.466 e. The van der Waals surface area contributed by atoms with Crippen LogP contribution in [0.25, 0.3) is 0 Å². The van der Waals surface area contributed by atoms with Gasteiger partial charge in [-0.15, -0.1) is 11.8 Å². The Morgan fingerprint density at radius 2 is 2.21 bits per heavy atom. The second-order valence-electron chi connectivity index (χ2n) is 4.81. The molecule has 2 aliphatic heterocycles. The van der Waals surface area contributed by atoms with E-state index in [-0.39, 0.29) is 23.0 Å². The summed E-state index contributed by atoms with van der Waals surface area (Å²) in [5.74, 6) is 3.04. The first-order valence-electron chi connectivity index (χ1n) is 6.87. The zero-order valence-corrected chi connectivity index (χ0v) is 12.9. The standard InChI is InChI=1S/C13H21NO3S2/c1-2-17-13(16)10-4-3-5-14(8-10)12(15)11-9-18-6-7-19-11/h10-11H,2-9H2,1H3/t10-,11-/m0/s1. The Labute approximate surface area is 123 Å². The number of amides is 1. The molecule has 1 amide bonds. The zero-order valence-electron chi connectivity index (χ0n) is 11.3. The first-order valence-corrected chi connectivity index (χ1v) is 9.07. The van der Waals surface area contributed by atoms with E-state index in [4.69, 9.17) is 4.74 Å². The number of hydrogen-bond donors (Lipinski definition) is 0. The molecular formula is C13H21NO3S2. The Morgan fingerprint density at radius 1 is 1.37 bits per heavy atom. The van der Waals surface area contributed by atoms with Crippen LogP contribution < -0.4 is 0 Å². The van der Waals surface area contributed by atoms with Crippen LogP contribution in [0.15, 0.2) is 0 Å². The summed E-state index contributed by atoms with van der Waals surface area (Å²) >= 11 is 3.61. The molecule has 108 valence electrons. The molecule has 0 radical (unpaired) electrons. The molecule has 0 unspecified atom stereocenters. The number of piperidine rings is 1. The molecule has 0 aromatic heterocycles. The predicted octanol–water partition coefficient (Wildman–Crippen LogP) is 1.64. The van der Waals surface area contributed by atoms with E-state index in [9.17, 15) is 9.59 Å². The lowest BCUT2D eigenvalue weighted by Gasteiger charge is -2.34. The van der Waals surface area contributed by atoms with Gasteiger partial charge in [-0.05, 0) is 19.8 Å². The number of carbonyl (C=O) groups is 2. The maximum atomic E-state index is 12.4. The fraction of sp³-hybridized carbons (Fsp3) is 0.846. The second-order valence-corrected chi connectivity index (χ2v) is 7.27. The van der Waals surface area contributed by atoms with Gasteiger partial charge in [0.05, 0.1) is 17.8 Å². The minimum Gasteiger partial charge on any atom is -0.466 e. The van der Waals surface area contributed by atoms with E-state index < -0.39 is 0 Å². The summed E-state index contributed by atoms with van der Waals surface area (Å²) in [5, 5.41) is 0.0831. The monoisotopic (exact) mass is 303 g/mol. The SMILES string of the molecule is CCOC(=O)[C@H]1CCCN(C(=O)[C@@H]2CSCCS2)C1. The number of esters is 1. The van der Waals surface area contributed by atoms with Gasteiger partial charge in [0.2, 0.25) is 5.91 Å². The summed E-state index contributed by atoms with van der Waals surface area (Å²) in [4.78, 5) is 26.1. The van der Waals surface area contributed by atoms with E-state index >= 15 is 0 Å². The number of rotatable bonds is 3. The van der Waals surface area contributed by atoms with Crippen LogP contribution in [0.5, 0.6) is 0 Å². The molecule has 2 fully saturated rings. The van der Waals surface area contributed by atoms with Crippen LogP contribution in [0.3, 0.4) is 0 Å². The van der Waals surface area contributed by atoms with E-state index in [1.807, 2.05) is 23.6 Å². The topological polar surface area (TPSA) is 46.6 Å². The number of likely N-dealkylation sites (tertiary alicyclic amines) is 1. The van der Waals surface area contributed by atoms with Crippen molar-refractivity contribution >= 4 is 35.4 Å². The van der Waals surface area contributed by atoms with Gasteiger partial charge in [-0.3, -0.25) is 9.59 Å². The number of carbonyl (C=O) groups excluding carboxylic acids is 2. The van der Waals surface area contributed by atoms with Gasteiger partial charge in [-0.2, -0.15) is 11.8 Å². The Hall–Kier alpha value is -0.360. The molecule has 2 rings (SSSR count). The van der Waals surface area contributed by atoms with E-state index in [1.165, 1.54) is 0 Å². The van der Waals surface area contributed by atoms with Gasteiger partial charge in [-0.1, -0.05) is 0 Å². The maximum Gasteiger partial charge on any atom is 0.310 e. The average Bonchev–Trinajstić information content (AvgIpc) is 2.48. The molecule has 2 saturated heterocycles. The lowest BCUT2D eigenvalue weighted by Crippen LogP contribution is -2.47. The smallest absolute Gasteiger partial charge is 0.310 e. The fourth-order valence-electron chi connectivity index (χ4n) is 2.46. The van der Waals surface area contributed by atoms with Crippen LogP contribution in [0.4, 0.5) is 0 Å². The summed E-state index contributed by atoms with van der Waals surface area (Å²) in [6.45, 7) is 3.56. The molecule has 0 aliphatic carbocycles. The molecule has 0 saturated carbocycles. The highest BCUT2D eigenvalue weighted by Gasteiger charge is 2.33. The molecule has 0 spiro atoms. The molecule has 0 aromatic rings. The lowest BCUT2D eigenvalue weighted by molar-refractivity contribution is -0.151. The van der Waals surface area contributed by atoms with Crippen molar-refractivity contribution in [1.82, 2.24) is 4.90 Å². The minimum atomic E-state index is -0.148. The van der Waals surface area contributed by atoms with E-state index in [0.717, 1.165) is 36.6 Å². The van der Waals surface area contributed by atoms with Crippen LogP contribution in [-0.2, 0) is 14.3 Å². The van der Waals surface area contributed by atoms with E-state index in [0.29, 0.717) is 13.2 Å². The third kappa shape index (κ3) is 4.05. The number of hydrogen-bond acceptors (Lipinski definition) is 5. The fourth-order valence-corrected chi connectivity index (χ4v) is 5.09. The number of ether oxygens (including phenoxy) is 1.